The number of rotatable bonds is 4. The van der Waals surface area contributed by atoms with Gasteiger partial charge >= 0.3 is 0 Å². The largest absolute Gasteiger partial charge is 0.311 e. The van der Waals surface area contributed by atoms with E-state index in [1.54, 1.807) is 0 Å². The first-order valence-electron chi connectivity index (χ1n) is 7.10. The summed E-state index contributed by atoms with van der Waals surface area (Å²) in [7, 11) is 0. The molecule has 1 nitrogen and oxygen atoms in total. The Morgan fingerprint density at radius 3 is 2.13 bits per heavy atom. The third-order valence-corrected chi connectivity index (χ3v) is 4.29. The van der Waals surface area contributed by atoms with E-state index in [1.165, 1.54) is 64.2 Å². The van der Waals surface area contributed by atoms with E-state index in [9.17, 15) is 0 Å². The molecule has 1 heteroatoms. The molecule has 2 saturated carbocycles. The van der Waals surface area contributed by atoms with Crippen LogP contribution in [0.15, 0.2) is 0 Å². The van der Waals surface area contributed by atoms with Gasteiger partial charge in [-0.25, -0.2) is 0 Å². The van der Waals surface area contributed by atoms with Gasteiger partial charge in [-0.3, -0.25) is 0 Å². The van der Waals surface area contributed by atoms with Gasteiger partial charge in [-0.1, -0.05) is 44.9 Å². The minimum absolute atomic E-state index is 0.762. The maximum absolute atomic E-state index is 3.86. The Balaban J connectivity index is 1.64. The third kappa shape index (κ3) is 3.79. The van der Waals surface area contributed by atoms with E-state index >= 15 is 0 Å². The maximum atomic E-state index is 3.86. The van der Waals surface area contributed by atoms with Crippen LogP contribution in [-0.2, 0) is 0 Å². The molecule has 1 N–H and O–H groups in total. The van der Waals surface area contributed by atoms with Crippen LogP contribution in [0.3, 0.4) is 0 Å². The fourth-order valence-corrected chi connectivity index (χ4v) is 3.14. The Morgan fingerprint density at radius 1 is 0.933 bits per heavy atom. The summed E-state index contributed by atoms with van der Waals surface area (Å²) in [6, 6.07) is 1.60. The van der Waals surface area contributed by atoms with Crippen LogP contribution in [0.2, 0.25) is 0 Å². The Kier molecular flexibility index (Phi) is 4.49. The van der Waals surface area contributed by atoms with Gasteiger partial charge in [0.2, 0.25) is 0 Å². The topological polar surface area (TPSA) is 12.0 Å². The fraction of sp³-hybridized carbons (Fsp3) is 1.00. The Bertz CT molecular complexity index is 166. The van der Waals surface area contributed by atoms with Gasteiger partial charge in [0.15, 0.2) is 0 Å². The average molecular weight is 209 g/mol. The molecule has 1 unspecified atom stereocenters. The SMILES string of the molecule is CC(CC1CCC1)NC1CCCCCC1. The van der Waals surface area contributed by atoms with Crippen molar-refractivity contribution in [3.8, 4) is 0 Å². The molecule has 2 aliphatic rings. The lowest BCUT2D eigenvalue weighted by atomic mass is 9.81. The monoisotopic (exact) mass is 209 g/mol. The smallest absolute Gasteiger partial charge is 0.00695 e. The van der Waals surface area contributed by atoms with Gasteiger partial charge in [0.25, 0.3) is 0 Å². The molecule has 2 fully saturated rings. The maximum Gasteiger partial charge on any atom is 0.00695 e. The van der Waals surface area contributed by atoms with Crippen molar-refractivity contribution in [2.75, 3.05) is 0 Å². The quantitative estimate of drug-likeness (QED) is 0.693. The first-order valence-corrected chi connectivity index (χ1v) is 7.10. The van der Waals surface area contributed by atoms with Crippen LogP contribution in [0.4, 0.5) is 0 Å². The van der Waals surface area contributed by atoms with Gasteiger partial charge in [-0.15, -0.1) is 0 Å². The van der Waals surface area contributed by atoms with Crippen molar-refractivity contribution >= 4 is 0 Å². The van der Waals surface area contributed by atoms with Crippen LogP contribution < -0.4 is 5.32 Å². The van der Waals surface area contributed by atoms with Crippen molar-refractivity contribution in [3.63, 3.8) is 0 Å². The van der Waals surface area contributed by atoms with Gasteiger partial charge in [-0.2, -0.15) is 0 Å². The van der Waals surface area contributed by atoms with Gasteiger partial charge in [-0.05, 0) is 32.1 Å². The number of hydrogen-bond donors (Lipinski definition) is 1. The van der Waals surface area contributed by atoms with Crippen molar-refractivity contribution in [1.82, 2.24) is 5.32 Å². The summed E-state index contributed by atoms with van der Waals surface area (Å²) < 4.78 is 0. The molecule has 0 aromatic carbocycles. The van der Waals surface area contributed by atoms with Gasteiger partial charge in [0.1, 0.15) is 0 Å². The lowest BCUT2D eigenvalue weighted by Gasteiger charge is -2.30. The third-order valence-electron chi connectivity index (χ3n) is 4.29. The van der Waals surface area contributed by atoms with Crippen LogP contribution >= 0.6 is 0 Å². The molecule has 15 heavy (non-hydrogen) atoms. The zero-order chi connectivity index (χ0) is 10.5. The Morgan fingerprint density at radius 2 is 1.60 bits per heavy atom. The standard InChI is InChI=1S/C14H27N/c1-12(11-13-7-6-8-13)15-14-9-4-2-3-5-10-14/h12-15H,2-11H2,1H3. The van der Waals surface area contributed by atoms with E-state index in [1.807, 2.05) is 0 Å². The molecule has 88 valence electrons. The summed E-state index contributed by atoms with van der Waals surface area (Å²) in [5.41, 5.74) is 0. The second-order valence-corrected chi connectivity index (χ2v) is 5.79. The second-order valence-electron chi connectivity index (χ2n) is 5.79. The molecule has 0 aromatic heterocycles. The van der Waals surface area contributed by atoms with Gasteiger partial charge in [0, 0.05) is 12.1 Å². The number of nitrogens with one attached hydrogen (secondary N) is 1. The van der Waals surface area contributed by atoms with Crippen molar-refractivity contribution in [3.05, 3.63) is 0 Å². The summed E-state index contributed by atoms with van der Waals surface area (Å²) >= 11 is 0. The van der Waals surface area contributed by atoms with E-state index in [2.05, 4.69) is 12.2 Å². The molecule has 0 bridgehead atoms. The normalized spacial score (nSPS) is 27.0. The highest BCUT2D eigenvalue weighted by Gasteiger charge is 2.21. The highest BCUT2D eigenvalue weighted by molar-refractivity contribution is 4.78. The molecule has 2 rings (SSSR count). The summed E-state index contributed by atoms with van der Waals surface area (Å²) in [5.74, 6) is 1.05. The minimum atomic E-state index is 0.762. The van der Waals surface area contributed by atoms with Gasteiger partial charge in [0.05, 0.1) is 0 Å². The Hall–Kier alpha value is -0.0400. The highest BCUT2D eigenvalue weighted by atomic mass is 14.9. The zero-order valence-electron chi connectivity index (χ0n) is 10.3. The molecule has 0 amide bonds. The summed E-state index contributed by atoms with van der Waals surface area (Å²) in [5, 5.41) is 3.86. The van der Waals surface area contributed by atoms with E-state index in [4.69, 9.17) is 0 Å². The van der Waals surface area contributed by atoms with E-state index in [0.29, 0.717) is 0 Å². The second kappa shape index (κ2) is 5.89. The molecule has 0 radical (unpaired) electrons. The molecule has 2 aliphatic carbocycles. The number of hydrogen-bond acceptors (Lipinski definition) is 1. The lowest BCUT2D eigenvalue weighted by Crippen LogP contribution is -2.38. The molecular weight excluding hydrogens is 182 g/mol. The van der Waals surface area contributed by atoms with Crippen LogP contribution in [0.25, 0.3) is 0 Å². The highest BCUT2D eigenvalue weighted by Crippen LogP contribution is 2.30. The van der Waals surface area contributed by atoms with Gasteiger partial charge < -0.3 is 5.32 Å². The summed E-state index contributed by atoms with van der Waals surface area (Å²) in [4.78, 5) is 0. The molecule has 0 aromatic rings. The van der Waals surface area contributed by atoms with Crippen molar-refractivity contribution in [1.29, 1.82) is 0 Å². The van der Waals surface area contributed by atoms with E-state index < -0.39 is 0 Å². The zero-order valence-corrected chi connectivity index (χ0v) is 10.3. The van der Waals surface area contributed by atoms with E-state index in [-0.39, 0.29) is 0 Å². The molecule has 1 atom stereocenters. The lowest BCUT2D eigenvalue weighted by molar-refractivity contribution is 0.253. The molecule has 0 heterocycles. The van der Waals surface area contributed by atoms with Crippen molar-refractivity contribution in [2.45, 2.75) is 83.2 Å². The summed E-state index contributed by atoms with van der Waals surface area (Å²) in [6.07, 6.45) is 14.6. The van der Waals surface area contributed by atoms with Crippen LogP contribution in [-0.4, -0.2) is 12.1 Å². The molecule has 0 spiro atoms. The molecular formula is C14H27N. The predicted octanol–water partition coefficient (Wildman–Crippen LogP) is 3.88. The Labute approximate surface area is 95.0 Å². The minimum Gasteiger partial charge on any atom is -0.311 e. The average Bonchev–Trinajstić information content (AvgIpc) is 2.40. The van der Waals surface area contributed by atoms with Crippen LogP contribution in [0.5, 0.6) is 0 Å². The first kappa shape index (κ1) is 11.4. The molecule has 0 aliphatic heterocycles. The van der Waals surface area contributed by atoms with E-state index in [0.717, 1.165) is 18.0 Å². The fourth-order valence-electron chi connectivity index (χ4n) is 3.14. The van der Waals surface area contributed by atoms with Crippen molar-refractivity contribution < 1.29 is 0 Å². The first-order chi connectivity index (χ1) is 7.34. The summed E-state index contributed by atoms with van der Waals surface area (Å²) in [6.45, 7) is 2.39. The van der Waals surface area contributed by atoms with Crippen LogP contribution in [0, 0.1) is 5.92 Å². The van der Waals surface area contributed by atoms with Crippen molar-refractivity contribution in [2.24, 2.45) is 5.92 Å². The molecule has 0 saturated heterocycles. The predicted molar refractivity (Wildman–Crippen MR) is 66.0 cm³/mol. The van der Waals surface area contributed by atoms with Crippen LogP contribution in [0.1, 0.15) is 71.1 Å².